The maximum atomic E-state index is 11.6. The minimum absolute atomic E-state index is 0.206. The standard InChI is InChI=1S/C13H19NO4/c1-9-8-18-10(2)6-14(9)7-12-11(4-5-17-12)13(15)16-3/h4-5,9-10H,6-8H2,1-3H3/t9-,10-/m0/s1. The lowest BCUT2D eigenvalue weighted by Gasteiger charge is -2.36. The minimum Gasteiger partial charge on any atom is -0.467 e. The molecule has 0 unspecified atom stereocenters. The van der Waals surface area contributed by atoms with E-state index in [-0.39, 0.29) is 12.1 Å². The van der Waals surface area contributed by atoms with Crippen molar-refractivity contribution < 1.29 is 18.7 Å². The highest BCUT2D eigenvalue weighted by Gasteiger charge is 2.26. The molecule has 0 aliphatic carbocycles. The average Bonchev–Trinajstić information content (AvgIpc) is 2.81. The van der Waals surface area contributed by atoms with E-state index in [4.69, 9.17) is 13.9 Å². The van der Waals surface area contributed by atoms with Gasteiger partial charge in [-0.1, -0.05) is 0 Å². The van der Waals surface area contributed by atoms with Crippen molar-refractivity contribution in [1.82, 2.24) is 4.90 Å². The number of esters is 1. The maximum Gasteiger partial charge on any atom is 0.341 e. The number of methoxy groups -OCH3 is 1. The molecule has 0 saturated carbocycles. The van der Waals surface area contributed by atoms with Gasteiger partial charge in [0.05, 0.1) is 32.6 Å². The summed E-state index contributed by atoms with van der Waals surface area (Å²) in [6.45, 7) is 6.29. The summed E-state index contributed by atoms with van der Waals surface area (Å²) in [7, 11) is 1.37. The van der Waals surface area contributed by atoms with Crippen molar-refractivity contribution in [2.75, 3.05) is 20.3 Å². The Labute approximate surface area is 107 Å². The molecule has 2 heterocycles. The molecule has 2 atom stereocenters. The van der Waals surface area contributed by atoms with E-state index in [0.29, 0.717) is 30.5 Å². The number of hydrogen-bond acceptors (Lipinski definition) is 5. The SMILES string of the molecule is COC(=O)c1ccoc1CN1C[C@H](C)OC[C@@H]1C. The summed E-state index contributed by atoms with van der Waals surface area (Å²) in [4.78, 5) is 13.8. The first kappa shape index (κ1) is 13.1. The fourth-order valence-corrected chi connectivity index (χ4v) is 2.13. The van der Waals surface area contributed by atoms with Gasteiger partial charge in [-0.3, -0.25) is 4.90 Å². The normalized spacial score (nSPS) is 25.1. The first-order chi connectivity index (χ1) is 8.61. The first-order valence-electron chi connectivity index (χ1n) is 6.12. The molecule has 1 aromatic rings. The van der Waals surface area contributed by atoms with E-state index in [1.54, 1.807) is 6.07 Å². The third kappa shape index (κ3) is 2.73. The zero-order valence-corrected chi connectivity index (χ0v) is 11.0. The summed E-state index contributed by atoms with van der Waals surface area (Å²) < 4.78 is 15.7. The van der Waals surface area contributed by atoms with Gasteiger partial charge in [-0.25, -0.2) is 4.79 Å². The fourth-order valence-electron chi connectivity index (χ4n) is 2.13. The van der Waals surface area contributed by atoms with E-state index < -0.39 is 0 Å². The van der Waals surface area contributed by atoms with Crippen LogP contribution < -0.4 is 0 Å². The fraction of sp³-hybridized carbons (Fsp3) is 0.615. The molecule has 5 heteroatoms. The molecular formula is C13H19NO4. The Morgan fingerprint density at radius 1 is 1.56 bits per heavy atom. The summed E-state index contributed by atoms with van der Waals surface area (Å²) in [5.74, 6) is 0.301. The van der Waals surface area contributed by atoms with Gasteiger partial charge < -0.3 is 13.9 Å². The van der Waals surface area contributed by atoms with Crippen LogP contribution in [0.5, 0.6) is 0 Å². The van der Waals surface area contributed by atoms with Crippen molar-refractivity contribution in [3.05, 3.63) is 23.7 Å². The number of rotatable bonds is 3. The highest BCUT2D eigenvalue weighted by molar-refractivity contribution is 5.90. The zero-order chi connectivity index (χ0) is 13.1. The number of carbonyl (C=O) groups is 1. The topological polar surface area (TPSA) is 51.9 Å². The van der Waals surface area contributed by atoms with Crippen molar-refractivity contribution in [3.8, 4) is 0 Å². The van der Waals surface area contributed by atoms with Gasteiger partial charge in [0, 0.05) is 12.6 Å². The van der Waals surface area contributed by atoms with Gasteiger partial charge >= 0.3 is 5.97 Å². The lowest BCUT2D eigenvalue weighted by molar-refractivity contribution is -0.0546. The van der Waals surface area contributed by atoms with Gasteiger partial charge in [0.25, 0.3) is 0 Å². The molecule has 1 fully saturated rings. The molecule has 1 saturated heterocycles. The smallest absolute Gasteiger partial charge is 0.341 e. The van der Waals surface area contributed by atoms with Gasteiger partial charge in [0.2, 0.25) is 0 Å². The number of nitrogens with zero attached hydrogens (tertiary/aromatic N) is 1. The van der Waals surface area contributed by atoms with Crippen molar-refractivity contribution in [2.45, 2.75) is 32.5 Å². The number of morpholine rings is 1. The number of furan rings is 1. The molecule has 0 amide bonds. The van der Waals surface area contributed by atoms with Crippen molar-refractivity contribution >= 4 is 5.97 Å². The first-order valence-corrected chi connectivity index (χ1v) is 6.12. The van der Waals surface area contributed by atoms with Gasteiger partial charge in [0.15, 0.2) is 0 Å². The van der Waals surface area contributed by atoms with Crippen molar-refractivity contribution in [1.29, 1.82) is 0 Å². The zero-order valence-electron chi connectivity index (χ0n) is 11.0. The molecule has 1 aromatic heterocycles. The Hall–Kier alpha value is -1.33. The lowest BCUT2D eigenvalue weighted by atomic mass is 10.1. The second kappa shape index (κ2) is 5.54. The molecule has 0 N–H and O–H groups in total. The Bertz CT molecular complexity index is 415. The van der Waals surface area contributed by atoms with Crippen LogP contribution in [0.15, 0.2) is 16.7 Å². The van der Waals surface area contributed by atoms with Crippen LogP contribution in [0.3, 0.4) is 0 Å². The number of ether oxygens (including phenoxy) is 2. The third-order valence-electron chi connectivity index (χ3n) is 3.23. The molecule has 5 nitrogen and oxygen atoms in total. The van der Waals surface area contributed by atoms with Crippen molar-refractivity contribution in [3.63, 3.8) is 0 Å². The van der Waals surface area contributed by atoms with Crippen LogP contribution >= 0.6 is 0 Å². The van der Waals surface area contributed by atoms with Crippen LogP contribution in [0.4, 0.5) is 0 Å². The average molecular weight is 253 g/mol. The van der Waals surface area contributed by atoms with Crippen LogP contribution in [0, 0.1) is 0 Å². The largest absolute Gasteiger partial charge is 0.467 e. The van der Waals surface area contributed by atoms with E-state index in [0.717, 1.165) is 6.54 Å². The summed E-state index contributed by atoms with van der Waals surface area (Å²) in [5, 5.41) is 0. The molecule has 0 bridgehead atoms. The number of hydrogen-bond donors (Lipinski definition) is 0. The molecule has 0 aromatic carbocycles. The van der Waals surface area contributed by atoms with Crippen LogP contribution in [-0.2, 0) is 16.0 Å². The molecule has 0 spiro atoms. The summed E-state index contributed by atoms with van der Waals surface area (Å²) >= 11 is 0. The molecule has 1 aliphatic rings. The monoisotopic (exact) mass is 253 g/mol. The predicted molar refractivity (Wildman–Crippen MR) is 65.3 cm³/mol. The Kier molecular flexibility index (Phi) is 4.04. The molecule has 0 radical (unpaired) electrons. The van der Waals surface area contributed by atoms with E-state index in [1.807, 2.05) is 6.92 Å². The van der Waals surface area contributed by atoms with Gasteiger partial charge in [-0.2, -0.15) is 0 Å². The van der Waals surface area contributed by atoms with E-state index in [9.17, 15) is 4.79 Å². The molecule has 18 heavy (non-hydrogen) atoms. The number of carbonyl (C=O) groups excluding carboxylic acids is 1. The minimum atomic E-state index is -0.354. The molecule has 100 valence electrons. The van der Waals surface area contributed by atoms with Gasteiger partial charge in [0.1, 0.15) is 11.3 Å². The molecule has 2 rings (SSSR count). The van der Waals surface area contributed by atoms with E-state index >= 15 is 0 Å². The second-order valence-electron chi connectivity index (χ2n) is 4.67. The van der Waals surface area contributed by atoms with E-state index in [1.165, 1.54) is 13.4 Å². The summed E-state index contributed by atoms with van der Waals surface area (Å²) in [6.07, 6.45) is 1.73. The van der Waals surface area contributed by atoms with Gasteiger partial charge in [-0.05, 0) is 19.9 Å². The molecular weight excluding hydrogens is 234 g/mol. The third-order valence-corrected chi connectivity index (χ3v) is 3.23. The van der Waals surface area contributed by atoms with Crippen LogP contribution in [0.1, 0.15) is 30.0 Å². The highest BCUT2D eigenvalue weighted by Crippen LogP contribution is 2.19. The molecule has 1 aliphatic heterocycles. The predicted octanol–water partition coefficient (Wildman–Crippen LogP) is 1.68. The Morgan fingerprint density at radius 2 is 2.33 bits per heavy atom. The van der Waals surface area contributed by atoms with Crippen LogP contribution in [-0.4, -0.2) is 43.3 Å². The van der Waals surface area contributed by atoms with Crippen molar-refractivity contribution in [2.24, 2.45) is 0 Å². The summed E-state index contributed by atoms with van der Waals surface area (Å²) in [6, 6.07) is 1.96. The van der Waals surface area contributed by atoms with Crippen LogP contribution in [0.2, 0.25) is 0 Å². The highest BCUT2D eigenvalue weighted by atomic mass is 16.5. The van der Waals surface area contributed by atoms with E-state index in [2.05, 4.69) is 11.8 Å². The summed E-state index contributed by atoms with van der Waals surface area (Å²) in [5.41, 5.74) is 0.504. The van der Waals surface area contributed by atoms with Gasteiger partial charge in [-0.15, -0.1) is 0 Å². The maximum absolute atomic E-state index is 11.6. The lowest BCUT2D eigenvalue weighted by Crippen LogP contribution is -2.46. The quantitative estimate of drug-likeness (QED) is 0.767. The Morgan fingerprint density at radius 3 is 3.06 bits per heavy atom. The second-order valence-corrected chi connectivity index (χ2v) is 4.67. The Balaban J connectivity index is 2.09. The van der Waals surface area contributed by atoms with Crippen LogP contribution in [0.25, 0.3) is 0 Å².